The Kier molecular flexibility index (Phi) is 10.6. The predicted octanol–water partition coefficient (Wildman–Crippen LogP) is 0.996. The van der Waals surface area contributed by atoms with Gasteiger partial charge in [0.15, 0.2) is 9.84 Å². The zero-order valence-corrected chi connectivity index (χ0v) is 17.3. The molecule has 1 aliphatic rings. The van der Waals surface area contributed by atoms with Gasteiger partial charge in [-0.05, 0) is 24.3 Å². The molecule has 1 heterocycles. The van der Waals surface area contributed by atoms with Crippen molar-refractivity contribution in [1.82, 2.24) is 0 Å². The second kappa shape index (κ2) is 12.9. The lowest BCUT2D eigenvalue weighted by Gasteiger charge is -2.28. The number of sulfone groups is 1. The van der Waals surface area contributed by atoms with E-state index in [1.165, 1.54) is 0 Å². The van der Waals surface area contributed by atoms with Crippen LogP contribution in [0.5, 0.6) is 5.75 Å². The highest BCUT2D eigenvalue weighted by atomic mass is 32.2. The van der Waals surface area contributed by atoms with Gasteiger partial charge in [-0.2, -0.15) is 0 Å². The third kappa shape index (κ3) is 9.20. The SMILES string of the molecule is COCCOCCOCCOCCOc1ccc(N2CCS(=O)(=O)CC2)cc1. The zero-order chi connectivity index (χ0) is 20.1. The summed E-state index contributed by atoms with van der Waals surface area (Å²) in [5.74, 6) is 1.20. The Morgan fingerprint density at radius 1 is 0.786 bits per heavy atom. The first-order valence-electron chi connectivity index (χ1n) is 9.51. The van der Waals surface area contributed by atoms with Crippen LogP contribution in [0.15, 0.2) is 24.3 Å². The van der Waals surface area contributed by atoms with Gasteiger partial charge < -0.3 is 28.6 Å². The highest BCUT2D eigenvalue weighted by molar-refractivity contribution is 7.91. The van der Waals surface area contributed by atoms with Crippen molar-refractivity contribution in [3.63, 3.8) is 0 Å². The number of methoxy groups -OCH3 is 1. The van der Waals surface area contributed by atoms with Crippen LogP contribution in [0.1, 0.15) is 0 Å². The van der Waals surface area contributed by atoms with Gasteiger partial charge in [0.1, 0.15) is 12.4 Å². The molecule has 1 saturated heterocycles. The molecule has 0 N–H and O–H groups in total. The molecule has 0 aliphatic carbocycles. The molecule has 1 aromatic carbocycles. The first-order valence-corrected chi connectivity index (χ1v) is 11.3. The predicted molar refractivity (Wildman–Crippen MR) is 107 cm³/mol. The van der Waals surface area contributed by atoms with Gasteiger partial charge in [0.2, 0.25) is 0 Å². The first-order chi connectivity index (χ1) is 13.6. The summed E-state index contributed by atoms with van der Waals surface area (Å²) in [6, 6.07) is 7.70. The number of rotatable bonds is 14. The highest BCUT2D eigenvalue weighted by Crippen LogP contribution is 2.21. The highest BCUT2D eigenvalue weighted by Gasteiger charge is 2.21. The Hall–Kier alpha value is -1.39. The van der Waals surface area contributed by atoms with Crippen LogP contribution in [0, 0.1) is 0 Å². The maximum Gasteiger partial charge on any atom is 0.153 e. The van der Waals surface area contributed by atoms with Crippen LogP contribution < -0.4 is 9.64 Å². The van der Waals surface area contributed by atoms with Crippen molar-refractivity contribution in [2.45, 2.75) is 0 Å². The first kappa shape index (κ1) is 22.9. The summed E-state index contributed by atoms with van der Waals surface area (Å²) in [4.78, 5) is 2.08. The summed E-state index contributed by atoms with van der Waals surface area (Å²) in [6.07, 6.45) is 0. The van der Waals surface area contributed by atoms with Gasteiger partial charge in [0.25, 0.3) is 0 Å². The van der Waals surface area contributed by atoms with E-state index in [2.05, 4.69) is 4.90 Å². The van der Waals surface area contributed by atoms with Gasteiger partial charge in [0, 0.05) is 25.9 Å². The second-order valence-electron chi connectivity index (χ2n) is 6.31. The summed E-state index contributed by atoms with van der Waals surface area (Å²) in [6.45, 7) is 5.32. The summed E-state index contributed by atoms with van der Waals surface area (Å²) in [7, 11) is -1.22. The minimum Gasteiger partial charge on any atom is -0.491 e. The molecule has 0 aromatic heterocycles. The molecule has 1 aromatic rings. The van der Waals surface area contributed by atoms with Crippen molar-refractivity contribution >= 4 is 15.5 Å². The molecule has 28 heavy (non-hydrogen) atoms. The third-order valence-corrected chi connectivity index (χ3v) is 5.83. The average Bonchev–Trinajstić information content (AvgIpc) is 2.69. The summed E-state index contributed by atoms with van der Waals surface area (Å²) < 4.78 is 49.7. The maximum atomic E-state index is 11.5. The molecule has 160 valence electrons. The lowest BCUT2D eigenvalue weighted by Crippen LogP contribution is -2.40. The quantitative estimate of drug-likeness (QED) is 0.415. The standard InChI is InChI=1S/C19H31NO7S/c1-23-8-9-24-10-11-25-12-13-26-14-15-27-19-4-2-18(3-5-19)20-6-16-28(21,22)17-7-20/h2-5H,6-17H2,1H3. The number of hydrogen-bond donors (Lipinski definition) is 0. The van der Waals surface area contributed by atoms with E-state index in [1.807, 2.05) is 24.3 Å². The minimum atomic E-state index is -2.86. The maximum absolute atomic E-state index is 11.5. The van der Waals surface area contributed by atoms with E-state index in [4.69, 9.17) is 23.7 Å². The molecule has 2 rings (SSSR count). The van der Waals surface area contributed by atoms with Crippen LogP contribution in [-0.2, 0) is 28.8 Å². The summed E-state index contributed by atoms with van der Waals surface area (Å²) in [5, 5.41) is 0. The lowest BCUT2D eigenvalue weighted by atomic mass is 10.2. The fourth-order valence-corrected chi connectivity index (χ4v) is 3.83. The van der Waals surface area contributed by atoms with Crippen LogP contribution in [0.2, 0.25) is 0 Å². The number of hydrogen-bond acceptors (Lipinski definition) is 8. The van der Waals surface area contributed by atoms with Gasteiger partial charge in [-0.25, -0.2) is 8.42 Å². The van der Waals surface area contributed by atoms with Gasteiger partial charge in [-0.1, -0.05) is 0 Å². The van der Waals surface area contributed by atoms with Crippen molar-refractivity contribution in [3.05, 3.63) is 24.3 Å². The number of benzene rings is 1. The average molecular weight is 418 g/mol. The van der Waals surface area contributed by atoms with E-state index in [0.29, 0.717) is 65.9 Å². The Labute approximate surface area is 167 Å². The van der Waals surface area contributed by atoms with E-state index in [1.54, 1.807) is 7.11 Å². The van der Waals surface area contributed by atoms with E-state index in [0.717, 1.165) is 11.4 Å². The number of nitrogens with zero attached hydrogens (tertiary/aromatic N) is 1. The molecule has 9 heteroatoms. The number of anilines is 1. The van der Waals surface area contributed by atoms with Gasteiger partial charge in [-0.3, -0.25) is 0 Å². The second-order valence-corrected chi connectivity index (χ2v) is 8.61. The molecule has 0 unspecified atom stereocenters. The molecule has 0 amide bonds. The topological polar surface area (TPSA) is 83.5 Å². The Balaban J connectivity index is 1.49. The van der Waals surface area contributed by atoms with Gasteiger partial charge >= 0.3 is 0 Å². The van der Waals surface area contributed by atoms with E-state index in [9.17, 15) is 8.42 Å². The fourth-order valence-electron chi connectivity index (χ4n) is 2.63. The van der Waals surface area contributed by atoms with E-state index < -0.39 is 9.84 Å². The Bertz CT molecular complexity index is 622. The molecule has 1 fully saturated rings. The lowest BCUT2D eigenvalue weighted by molar-refractivity contribution is 0.000164. The Morgan fingerprint density at radius 3 is 1.82 bits per heavy atom. The van der Waals surface area contributed by atoms with Crippen LogP contribution in [0.25, 0.3) is 0 Å². The minimum absolute atomic E-state index is 0.215. The van der Waals surface area contributed by atoms with E-state index >= 15 is 0 Å². The largest absolute Gasteiger partial charge is 0.491 e. The molecule has 0 radical (unpaired) electrons. The molecule has 0 spiro atoms. The van der Waals surface area contributed by atoms with Gasteiger partial charge in [0.05, 0.1) is 57.8 Å². The van der Waals surface area contributed by atoms with Crippen LogP contribution >= 0.6 is 0 Å². The van der Waals surface area contributed by atoms with Crippen molar-refractivity contribution in [2.24, 2.45) is 0 Å². The summed E-state index contributed by atoms with van der Waals surface area (Å²) >= 11 is 0. The normalized spacial score (nSPS) is 16.2. The van der Waals surface area contributed by atoms with Crippen LogP contribution in [0.4, 0.5) is 5.69 Å². The van der Waals surface area contributed by atoms with Gasteiger partial charge in [-0.15, -0.1) is 0 Å². The zero-order valence-electron chi connectivity index (χ0n) is 16.5. The molecule has 0 bridgehead atoms. The monoisotopic (exact) mass is 417 g/mol. The Morgan fingerprint density at radius 2 is 1.29 bits per heavy atom. The van der Waals surface area contributed by atoms with E-state index in [-0.39, 0.29) is 11.5 Å². The molecule has 0 saturated carbocycles. The molecular weight excluding hydrogens is 386 g/mol. The molecule has 1 aliphatic heterocycles. The third-order valence-electron chi connectivity index (χ3n) is 4.22. The molecule has 0 atom stereocenters. The number of ether oxygens (including phenoxy) is 5. The smallest absolute Gasteiger partial charge is 0.153 e. The fraction of sp³-hybridized carbons (Fsp3) is 0.684. The van der Waals surface area contributed by atoms with Crippen LogP contribution in [0.3, 0.4) is 0 Å². The van der Waals surface area contributed by atoms with Crippen molar-refractivity contribution in [1.29, 1.82) is 0 Å². The molecular formula is C19H31NO7S. The van der Waals surface area contributed by atoms with Crippen molar-refractivity contribution in [2.75, 3.05) is 89.5 Å². The molecule has 8 nitrogen and oxygen atoms in total. The van der Waals surface area contributed by atoms with Crippen molar-refractivity contribution < 1.29 is 32.1 Å². The summed E-state index contributed by atoms with van der Waals surface area (Å²) in [5.41, 5.74) is 1.02. The van der Waals surface area contributed by atoms with Crippen molar-refractivity contribution in [3.8, 4) is 5.75 Å². The van der Waals surface area contributed by atoms with Crippen LogP contribution in [-0.4, -0.2) is 93.0 Å².